The molecule has 4 aromatic heterocycles. The highest BCUT2D eigenvalue weighted by Crippen LogP contribution is 2.32. The van der Waals surface area contributed by atoms with Crippen LogP contribution < -0.4 is 5.32 Å². The summed E-state index contributed by atoms with van der Waals surface area (Å²) in [4.78, 5) is 34.1. The van der Waals surface area contributed by atoms with E-state index in [4.69, 9.17) is 0 Å². The van der Waals surface area contributed by atoms with Gasteiger partial charge in [-0.2, -0.15) is 0 Å². The lowest BCUT2D eigenvalue weighted by Gasteiger charge is -2.19. The van der Waals surface area contributed by atoms with Crippen molar-refractivity contribution in [3.05, 3.63) is 36.3 Å². The monoisotopic (exact) mass is 459 g/mol. The molecule has 4 heterocycles. The number of halogens is 2. The highest BCUT2D eigenvalue weighted by atomic mass is 32.2. The topological polar surface area (TPSA) is 132 Å². The van der Waals surface area contributed by atoms with Gasteiger partial charge in [-0.25, -0.2) is 28.7 Å². The van der Waals surface area contributed by atoms with Crippen LogP contribution >= 0.6 is 11.8 Å². The van der Waals surface area contributed by atoms with Crippen LogP contribution in [0.2, 0.25) is 0 Å². The summed E-state index contributed by atoms with van der Waals surface area (Å²) in [5, 5.41) is 13.1. The van der Waals surface area contributed by atoms with Crippen molar-refractivity contribution in [2.24, 2.45) is 5.92 Å². The van der Waals surface area contributed by atoms with E-state index in [9.17, 15) is 14.3 Å². The molecule has 9 nitrogen and oxygen atoms in total. The summed E-state index contributed by atoms with van der Waals surface area (Å²) >= 11 is 1.35. The summed E-state index contributed by atoms with van der Waals surface area (Å²) in [6.07, 6.45) is 5.90. The molecular weight excluding hydrogens is 440 g/mol. The second-order valence-corrected chi connectivity index (χ2v) is 7.97. The van der Waals surface area contributed by atoms with Gasteiger partial charge >= 0.3 is 5.97 Å². The fourth-order valence-electron chi connectivity index (χ4n) is 3.09. The first-order valence-corrected chi connectivity index (χ1v) is 10.8. The maximum atomic E-state index is 15.4. The Hall–Kier alpha value is -3.54. The minimum atomic E-state index is -1.03. The van der Waals surface area contributed by atoms with Crippen LogP contribution in [0, 0.1) is 17.6 Å². The summed E-state index contributed by atoms with van der Waals surface area (Å²) in [5.74, 6) is -3.21. The molecule has 0 bridgehead atoms. The molecule has 0 spiro atoms. The summed E-state index contributed by atoms with van der Waals surface area (Å²) in [6.45, 7) is 3.13. The average molecular weight is 459 g/mol. The number of rotatable bonds is 7. The number of fused-ring (bicyclic) bond motifs is 1. The Labute approximate surface area is 185 Å². The van der Waals surface area contributed by atoms with Crippen LogP contribution in [0.3, 0.4) is 0 Å². The van der Waals surface area contributed by atoms with Gasteiger partial charge in [0, 0.05) is 23.2 Å². The van der Waals surface area contributed by atoms with Crippen molar-refractivity contribution in [1.82, 2.24) is 29.9 Å². The fourth-order valence-corrected chi connectivity index (χ4v) is 3.46. The molecule has 4 N–H and O–H groups in total. The van der Waals surface area contributed by atoms with Crippen molar-refractivity contribution >= 4 is 34.6 Å². The predicted octanol–water partition coefficient (Wildman–Crippen LogP) is 3.93. The third-order valence-corrected chi connectivity index (χ3v) is 5.69. The largest absolute Gasteiger partial charge is 0.481 e. The highest BCUT2D eigenvalue weighted by molar-refractivity contribution is 7.98. The molecule has 4 rings (SSSR count). The molecule has 2 atom stereocenters. The van der Waals surface area contributed by atoms with E-state index in [1.165, 1.54) is 30.9 Å². The van der Waals surface area contributed by atoms with Gasteiger partial charge in [0.1, 0.15) is 17.2 Å². The molecule has 0 fully saturated rings. The minimum absolute atomic E-state index is 0.0563. The molecule has 0 radical (unpaired) electrons. The maximum Gasteiger partial charge on any atom is 0.308 e. The van der Waals surface area contributed by atoms with E-state index in [-0.39, 0.29) is 17.3 Å². The molecule has 0 aromatic carbocycles. The number of carboxylic acids is 1. The van der Waals surface area contributed by atoms with Crippen LogP contribution in [0.5, 0.6) is 0 Å². The Kier molecular flexibility index (Phi) is 5.78. The van der Waals surface area contributed by atoms with E-state index in [2.05, 4.69) is 35.2 Å². The van der Waals surface area contributed by atoms with Crippen molar-refractivity contribution < 1.29 is 18.7 Å². The van der Waals surface area contributed by atoms with Gasteiger partial charge in [0.2, 0.25) is 0 Å². The Balaban J connectivity index is 1.88. The smallest absolute Gasteiger partial charge is 0.308 e. The van der Waals surface area contributed by atoms with Crippen LogP contribution in [0.15, 0.2) is 29.8 Å². The number of anilines is 1. The van der Waals surface area contributed by atoms with Crippen molar-refractivity contribution in [3.8, 4) is 22.8 Å². The molecule has 0 aliphatic heterocycles. The van der Waals surface area contributed by atoms with Gasteiger partial charge in [0.25, 0.3) is 0 Å². The standard InChI is InChI=1S/C20H19F2N7O2S/c1-8(19(30)31)9(2)26-18-14(22)15(13-7-25-20(27-13)32-3)28-17(29-18)12-6-24-16-11(12)4-10(21)5-23-16/h4-9H,1-3H3,(H,23,24)(H,25,27)(H,30,31)(H,26,28,29)/t8-,9-/m0/s1. The summed E-state index contributed by atoms with van der Waals surface area (Å²) in [5.41, 5.74) is 1.10. The number of aliphatic carboxylic acids is 1. The maximum absolute atomic E-state index is 15.4. The molecule has 0 saturated carbocycles. The number of nitrogens with zero attached hydrogens (tertiary/aromatic N) is 4. The van der Waals surface area contributed by atoms with E-state index in [0.29, 0.717) is 27.4 Å². The summed E-state index contributed by atoms with van der Waals surface area (Å²) in [6, 6.07) is 0.647. The number of H-pyrrole nitrogens is 2. The third kappa shape index (κ3) is 4.00. The number of nitrogens with one attached hydrogen (secondary N) is 3. The Morgan fingerprint density at radius 3 is 2.69 bits per heavy atom. The van der Waals surface area contributed by atoms with Crippen LogP contribution in [0.4, 0.5) is 14.6 Å². The Bertz CT molecular complexity index is 1310. The number of carboxylic acid groups (broad SMARTS) is 1. The van der Waals surface area contributed by atoms with Gasteiger partial charge in [0.05, 0.1) is 24.0 Å². The second-order valence-electron chi connectivity index (χ2n) is 7.18. The zero-order chi connectivity index (χ0) is 23.0. The highest BCUT2D eigenvalue weighted by Gasteiger charge is 2.25. The van der Waals surface area contributed by atoms with Gasteiger partial charge in [-0.05, 0) is 26.2 Å². The lowest BCUT2D eigenvalue weighted by atomic mass is 10.0. The molecule has 0 aliphatic carbocycles. The lowest BCUT2D eigenvalue weighted by Crippen LogP contribution is -2.30. The van der Waals surface area contributed by atoms with Crippen molar-refractivity contribution in [1.29, 1.82) is 0 Å². The second kappa shape index (κ2) is 8.54. The molecule has 0 saturated heterocycles. The van der Waals surface area contributed by atoms with Crippen molar-refractivity contribution in [2.75, 3.05) is 11.6 Å². The molecule has 0 unspecified atom stereocenters. The summed E-state index contributed by atoms with van der Waals surface area (Å²) in [7, 11) is 0. The molecule has 4 aromatic rings. The Morgan fingerprint density at radius 1 is 1.22 bits per heavy atom. The van der Waals surface area contributed by atoms with E-state index in [1.807, 2.05) is 6.26 Å². The normalized spacial score (nSPS) is 13.3. The number of imidazole rings is 1. The first-order chi connectivity index (χ1) is 15.3. The number of hydrogen-bond acceptors (Lipinski definition) is 7. The number of carbonyl (C=O) groups is 1. The Morgan fingerprint density at radius 2 is 2.00 bits per heavy atom. The summed E-state index contributed by atoms with van der Waals surface area (Å²) < 4.78 is 29.2. The number of thioether (sulfide) groups is 1. The average Bonchev–Trinajstić information content (AvgIpc) is 3.41. The molecule has 32 heavy (non-hydrogen) atoms. The first-order valence-electron chi connectivity index (χ1n) is 9.57. The number of pyridine rings is 1. The van der Waals surface area contributed by atoms with Crippen LogP contribution in [-0.4, -0.2) is 53.3 Å². The number of aromatic nitrogens is 6. The number of aromatic amines is 2. The van der Waals surface area contributed by atoms with Gasteiger partial charge in [-0.15, -0.1) is 0 Å². The van der Waals surface area contributed by atoms with Crippen LogP contribution in [-0.2, 0) is 4.79 Å². The van der Waals surface area contributed by atoms with E-state index >= 15 is 4.39 Å². The SMILES string of the molecule is CSc1ncc(-c2nc(-c3c[nH]c4ncc(F)cc34)nc(N[C@@H](C)[C@H](C)C(=O)O)c2F)[nH]1. The molecule has 0 amide bonds. The molecule has 166 valence electrons. The number of hydrogen-bond donors (Lipinski definition) is 4. The van der Waals surface area contributed by atoms with Crippen molar-refractivity contribution in [2.45, 2.75) is 25.0 Å². The third-order valence-electron chi connectivity index (χ3n) is 5.09. The lowest BCUT2D eigenvalue weighted by molar-refractivity contribution is -0.141. The molecule has 12 heteroatoms. The zero-order valence-corrected chi connectivity index (χ0v) is 18.1. The fraction of sp³-hybridized carbons (Fsp3) is 0.250. The zero-order valence-electron chi connectivity index (χ0n) is 17.3. The van der Waals surface area contributed by atoms with E-state index < -0.39 is 29.6 Å². The van der Waals surface area contributed by atoms with Crippen LogP contribution in [0.25, 0.3) is 33.8 Å². The van der Waals surface area contributed by atoms with Gasteiger partial charge < -0.3 is 20.4 Å². The van der Waals surface area contributed by atoms with Gasteiger partial charge in [0.15, 0.2) is 22.6 Å². The molecular formula is C20H19F2N7O2S. The van der Waals surface area contributed by atoms with Gasteiger partial charge in [-0.3, -0.25) is 4.79 Å². The van der Waals surface area contributed by atoms with E-state index in [0.717, 1.165) is 6.20 Å². The van der Waals surface area contributed by atoms with E-state index in [1.54, 1.807) is 13.1 Å². The van der Waals surface area contributed by atoms with Crippen LogP contribution in [0.1, 0.15) is 13.8 Å². The minimum Gasteiger partial charge on any atom is -0.481 e. The molecule has 0 aliphatic rings. The quantitative estimate of drug-likeness (QED) is 0.306. The predicted molar refractivity (Wildman–Crippen MR) is 116 cm³/mol. The first kappa shape index (κ1) is 21.7. The van der Waals surface area contributed by atoms with Crippen molar-refractivity contribution in [3.63, 3.8) is 0 Å². The van der Waals surface area contributed by atoms with Gasteiger partial charge in [-0.1, -0.05) is 11.8 Å².